The Hall–Kier alpha value is -1.14. The van der Waals surface area contributed by atoms with Crippen LogP contribution >= 0.6 is 0 Å². The highest BCUT2D eigenvalue weighted by molar-refractivity contribution is 5.92. The van der Waals surface area contributed by atoms with Crippen LogP contribution in [0.1, 0.15) is 26.2 Å². The smallest absolute Gasteiger partial charge is 0.332 e. The van der Waals surface area contributed by atoms with Crippen LogP contribution in [0.5, 0.6) is 0 Å². The average Bonchev–Trinajstić information content (AvgIpc) is 2.99. The summed E-state index contributed by atoms with van der Waals surface area (Å²) in [4.78, 5) is 28.5. The van der Waals surface area contributed by atoms with E-state index in [4.69, 9.17) is 9.47 Å². The van der Waals surface area contributed by atoms with Crippen molar-refractivity contribution in [2.75, 3.05) is 39.5 Å². The Labute approximate surface area is 119 Å². The second kappa shape index (κ2) is 5.33. The first-order chi connectivity index (χ1) is 9.67. The fraction of sp³-hybridized carbons (Fsp3) is 0.857. The van der Waals surface area contributed by atoms with Gasteiger partial charge in [0.05, 0.1) is 19.8 Å². The lowest BCUT2D eigenvalue weighted by Crippen LogP contribution is -2.48. The molecule has 20 heavy (non-hydrogen) atoms. The van der Waals surface area contributed by atoms with Crippen LogP contribution in [0.15, 0.2) is 0 Å². The zero-order valence-corrected chi connectivity index (χ0v) is 12.0. The molecule has 3 aliphatic rings. The Morgan fingerprint density at radius 2 is 2.20 bits per heavy atom. The maximum absolute atomic E-state index is 12.4. The molecule has 3 fully saturated rings. The van der Waals surface area contributed by atoms with E-state index in [9.17, 15) is 9.59 Å². The number of amides is 1. The average molecular weight is 282 g/mol. The van der Waals surface area contributed by atoms with Crippen molar-refractivity contribution < 1.29 is 19.1 Å². The first-order valence-electron chi connectivity index (χ1n) is 7.47. The van der Waals surface area contributed by atoms with E-state index in [0.29, 0.717) is 32.4 Å². The van der Waals surface area contributed by atoms with Crippen molar-refractivity contribution in [1.82, 2.24) is 9.80 Å². The van der Waals surface area contributed by atoms with Crippen LogP contribution in [0.3, 0.4) is 0 Å². The second-order valence-electron chi connectivity index (χ2n) is 5.76. The predicted octanol–water partition coefficient (Wildman–Crippen LogP) is 0.0152. The third-order valence-electron chi connectivity index (χ3n) is 4.75. The van der Waals surface area contributed by atoms with Gasteiger partial charge in [-0.25, -0.2) is 4.79 Å². The van der Waals surface area contributed by atoms with Gasteiger partial charge in [-0.05, 0) is 19.8 Å². The molecular weight excluding hydrogens is 260 g/mol. The molecule has 0 radical (unpaired) electrons. The number of hydrogen-bond acceptors (Lipinski definition) is 5. The van der Waals surface area contributed by atoms with Crippen LogP contribution in [-0.4, -0.2) is 72.7 Å². The second-order valence-corrected chi connectivity index (χ2v) is 5.76. The molecule has 6 heteroatoms. The topological polar surface area (TPSA) is 59.1 Å². The molecule has 3 saturated heterocycles. The minimum absolute atomic E-state index is 0.0915. The molecule has 0 N–H and O–H groups in total. The summed E-state index contributed by atoms with van der Waals surface area (Å²) in [6.45, 7) is 6.05. The number of esters is 1. The summed E-state index contributed by atoms with van der Waals surface area (Å²) in [6.07, 6.45) is 1.78. The molecule has 1 amide bonds. The molecule has 0 spiro atoms. The predicted molar refractivity (Wildman–Crippen MR) is 71.1 cm³/mol. The highest BCUT2D eigenvalue weighted by Crippen LogP contribution is 2.42. The van der Waals surface area contributed by atoms with Gasteiger partial charge in [-0.1, -0.05) is 0 Å². The number of rotatable bonds is 3. The van der Waals surface area contributed by atoms with Gasteiger partial charge in [0.15, 0.2) is 0 Å². The molecule has 0 aromatic heterocycles. The van der Waals surface area contributed by atoms with Gasteiger partial charge in [0.1, 0.15) is 5.54 Å². The summed E-state index contributed by atoms with van der Waals surface area (Å²) in [5.74, 6) is -0.129. The van der Waals surface area contributed by atoms with Crippen molar-refractivity contribution in [2.24, 2.45) is 0 Å². The van der Waals surface area contributed by atoms with Crippen LogP contribution in [0.4, 0.5) is 0 Å². The summed E-state index contributed by atoms with van der Waals surface area (Å²) in [5, 5.41) is 0. The lowest BCUT2D eigenvalue weighted by Gasteiger charge is -2.32. The number of nitrogens with zero attached hydrogens (tertiary/aromatic N) is 2. The van der Waals surface area contributed by atoms with Gasteiger partial charge in [0.2, 0.25) is 5.91 Å². The largest absolute Gasteiger partial charge is 0.464 e. The minimum Gasteiger partial charge on any atom is -0.464 e. The zero-order chi connectivity index (χ0) is 14.2. The summed E-state index contributed by atoms with van der Waals surface area (Å²) in [7, 11) is 0. The van der Waals surface area contributed by atoms with Gasteiger partial charge in [0.25, 0.3) is 0 Å². The molecule has 3 aliphatic heterocycles. The van der Waals surface area contributed by atoms with Crippen molar-refractivity contribution in [3.63, 3.8) is 0 Å². The van der Waals surface area contributed by atoms with Gasteiger partial charge in [-0.3, -0.25) is 9.69 Å². The molecule has 6 nitrogen and oxygen atoms in total. The van der Waals surface area contributed by atoms with Crippen LogP contribution in [0.2, 0.25) is 0 Å². The molecule has 2 atom stereocenters. The van der Waals surface area contributed by atoms with Crippen molar-refractivity contribution in [3.05, 3.63) is 0 Å². The Morgan fingerprint density at radius 1 is 1.45 bits per heavy atom. The number of morpholine rings is 1. The molecule has 0 saturated carbocycles. The fourth-order valence-corrected chi connectivity index (χ4v) is 3.72. The summed E-state index contributed by atoms with van der Waals surface area (Å²) >= 11 is 0. The third-order valence-corrected chi connectivity index (χ3v) is 4.75. The van der Waals surface area contributed by atoms with E-state index in [0.717, 1.165) is 26.3 Å². The number of ether oxygens (including phenoxy) is 2. The van der Waals surface area contributed by atoms with E-state index in [1.54, 1.807) is 4.90 Å². The third kappa shape index (κ3) is 2.11. The SMILES string of the molecule is CCOC(=O)[C@@]12CCC(=O)N1CC(N1CCOCC1)C2. The van der Waals surface area contributed by atoms with E-state index in [-0.39, 0.29) is 17.9 Å². The zero-order valence-electron chi connectivity index (χ0n) is 12.0. The molecular formula is C14H22N2O4. The maximum atomic E-state index is 12.4. The quantitative estimate of drug-likeness (QED) is 0.683. The van der Waals surface area contributed by atoms with Crippen molar-refractivity contribution in [1.29, 1.82) is 0 Å². The van der Waals surface area contributed by atoms with Gasteiger partial charge >= 0.3 is 5.97 Å². The van der Waals surface area contributed by atoms with Crippen LogP contribution in [0.25, 0.3) is 0 Å². The molecule has 0 aromatic rings. The fourth-order valence-electron chi connectivity index (χ4n) is 3.72. The number of carbonyl (C=O) groups is 2. The van der Waals surface area contributed by atoms with E-state index in [2.05, 4.69) is 4.90 Å². The molecule has 3 heterocycles. The van der Waals surface area contributed by atoms with Crippen molar-refractivity contribution in [2.45, 2.75) is 37.8 Å². The lowest BCUT2D eigenvalue weighted by atomic mass is 9.92. The highest BCUT2D eigenvalue weighted by Gasteiger charge is 2.58. The normalized spacial score (nSPS) is 34.4. The number of hydrogen-bond donors (Lipinski definition) is 0. The first kappa shape index (κ1) is 13.8. The van der Waals surface area contributed by atoms with E-state index in [1.807, 2.05) is 6.92 Å². The monoisotopic (exact) mass is 282 g/mol. The molecule has 0 bridgehead atoms. The van der Waals surface area contributed by atoms with E-state index >= 15 is 0 Å². The van der Waals surface area contributed by atoms with Crippen molar-refractivity contribution in [3.8, 4) is 0 Å². The molecule has 112 valence electrons. The minimum atomic E-state index is -0.698. The Kier molecular flexibility index (Phi) is 3.69. The Balaban J connectivity index is 1.77. The first-order valence-corrected chi connectivity index (χ1v) is 7.47. The van der Waals surface area contributed by atoms with Gasteiger partial charge < -0.3 is 14.4 Å². The van der Waals surface area contributed by atoms with Crippen LogP contribution < -0.4 is 0 Å². The van der Waals surface area contributed by atoms with Crippen LogP contribution in [-0.2, 0) is 19.1 Å². The lowest BCUT2D eigenvalue weighted by molar-refractivity contribution is -0.157. The summed E-state index contributed by atoms with van der Waals surface area (Å²) in [5.41, 5.74) is -0.698. The van der Waals surface area contributed by atoms with Gasteiger partial charge in [-0.2, -0.15) is 0 Å². The van der Waals surface area contributed by atoms with Gasteiger partial charge in [-0.15, -0.1) is 0 Å². The Morgan fingerprint density at radius 3 is 2.90 bits per heavy atom. The number of fused-ring (bicyclic) bond motifs is 1. The standard InChI is InChI=1S/C14H22N2O4/c1-2-20-13(18)14-4-3-12(17)16(14)10-11(9-14)15-5-7-19-8-6-15/h11H,2-10H2,1H3/t11?,14-/m0/s1. The van der Waals surface area contributed by atoms with Gasteiger partial charge in [0, 0.05) is 32.1 Å². The molecule has 3 rings (SSSR count). The molecule has 0 aliphatic carbocycles. The number of carbonyl (C=O) groups excluding carboxylic acids is 2. The van der Waals surface area contributed by atoms with Crippen LogP contribution in [0, 0.1) is 0 Å². The molecule has 1 unspecified atom stereocenters. The molecule has 0 aromatic carbocycles. The van der Waals surface area contributed by atoms with E-state index in [1.165, 1.54) is 0 Å². The summed E-state index contributed by atoms with van der Waals surface area (Å²) < 4.78 is 10.6. The Bertz CT molecular complexity index is 408. The maximum Gasteiger partial charge on any atom is 0.332 e. The highest BCUT2D eigenvalue weighted by atomic mass is 16.5. The van der Waals surface area contributed by atoms with Crippen molar-refractivity contribution >= 4 is 11.9 Å². The van der Waals surface area contributed by atoms with E-state index < -0.39 is 5.54 Å². The summed E-state index contributed by atoms with van der Waals surface area (Å²) in [6, 6.07) is 0.257.